The molecule has 0 spiro atoms. The summed E-state index contributed by atoms with van der Waals surface area (Å²) in [5, 5.41) is 2.84. The summed E-state index contributed by atoms with van der Waals surface area (Å²) >= 11 is 0. The quantitative estimate of drug-likeness (QED) is 0.609. The molecule has 8 heteroatoms. The number of fused-ring (bicyclic) bond motifs is 2. The van der Waals surface area contributed by atoms with Crippen molar-refractivity contribution < 1.29 is 9.21 Å². The Morgan fingerprint density at radius 2 is 2.16 bits per heavy atom. The van der Waals surface area contributed by atoms with Crippen LogP contribution >= 0.6 is 0 Å². The van der Waals surface area contributed by atoms with Crippen LogP contribution in [0.15, 0.2) is 58.3 Å². The molecule has 0 saturated carbocycles. The predicted molar refractivity (Wildman–Crippen MR) is 90.0 cm³/mol. The number of imidazole rings is 1. The lowest BCUT2D eigenvalue weighted by atomic mass is 10.2. The number of amides is 1. The molecular weight excluding hydrogens is 322 g/mol. The largest absolute Gasteiger partial charge is 0.420 e. The SMILES string of the molecule is CC(C(=O)NCc1cnc2cnccn12)n1c(=O)oc2ccccc21. The van der Waals surface area contributed by atoms with Crippen LogP contribution in [0, 0.1) is 0 Å². The molecule has 0 saturated heterocycles. The Balaban J connectivity index is 1.56. The topological polar surface area (TPSA) is 94.4 Å². The molecule has 0 radical (unpaired) electrons. The highest BCUT2D eigenvalue weighted by atomic mass is 16.4. The smallest absolute Gasteiger partial charge is 0.408 e. The second-order valence-electron chi connectivity index (χ2n) is 5.65. The van der Waals surface area contributed by atoms with E-state index in [2.05, 4.69) is 15.3 Å². The zero-order valence-corrected chi connectivity index (χ0v) is 13.4. The van der Waals surface area contributed by atoms with Crippen LogP contribution in [-0.2, 0) is 11.3 Å². The minimum Gasteiger partial charge on any atom is -0.408 e. The maximum atomic E-state index is 12.5. The minimum atomic E-state index is -0.697. The fourth-order valence-corrected chi connectivity index (χ4v) is 2.82. The van der Waals surface area contributed by atoms with Gasteiger partial charge in [-0.1, -0.05) is 12.1 Å². The summed E-state index contributed by atoms with van der Waals surface area (Å²) < 4.78 is 8.38. The molecule has 1 aromatic carbocycles. The van der Waals surface area contributed by atoms with Crippen molar-refractivity contribution in [2.75, 3.05) is 0 Å². The second kappa shape index (κ2) is 5.90. The van der Waals surface area contributed by atoms with Gasteiger partial charge in [0.1, 0.15) is 6.04 Å². The minimum absolute atomic E-state index is 0.280. The number of aromatic nitrogens is 4. The fourth-order valence-electron chi connectivity index (χ4n) is 2.82. The average molecular weight is 337 g/mol. The Labute approximate surface area is 141 Å². The van der Waals surface area contributed by atoms with Crippen LogP contribution < -0.4 is 11.1 Å². The van der Waals surface area contributed by atoms with Crippen molar-refractivity contribution in [2.24, 2.45) is 0 Å². The van der Waals surface area contributed by atoms with Gasteiger partial charge >= 0.3 is 5.76 Å². The van der Waals surface area contributed by atoms with E-state index < -0.39 is 11.8 Å². The van der Waals surface area contributed by atoms with Gasteiger partial charge in [0.2, 0.25) is 5.91 Å². The molecule has 0 aliphatic heterocycles. The number of oxazole rings is 1. The fraction of sp³-hybridized carbons (Fsp3) is 0.176. The highest BCUT2D eigenvalue weighted by Gasteiger charge is 2.21. The van der Waals surface area contributed by atoms with Gasteiger partial charge in [0.15, 0.2) is 11.2 Å². The summed E-state index contributed by atoms with van der Waals surface area (Å²) in [7, 11) is 0. The molecule has 1 amide bonds. The Morgan fingerprint density at radius 1 is 1.32 bits per heavy atom. The van der Waals surface area contributed by atoms with Gasteiger partial charge in [0, 0.05) is 12.4 Å². The first-order valence-corrected chi connectivity index (χ1v) is 7.79. The van der Waals surface area contributed by atoms with Gasteiger partial charge in [0.05, 0.1) is 30.1 Å². The molecule has 1 atom stereocenters. The molecule has 3 heterocycles. The summed E-state index contributed by atoms with van der Waals surface area (Å²) in [6.07, 6.45) is 6.76. The highest BCUT2D eigenvalue weighted by molar-refractivity contribution is 5.82. The normalized spacial score (nSPS) is 12.5. The van der Waals surface area contributed by atoms with E-state index in [1.54, 1.807) is 56.0 Å². The van der Waals surface area contributed by atoms with E-state index in [1.807, 2.05) is 4.40 Å². The first kappa shape index (κ1) is 15.1. The van der Waals surface area contributed by atoms with Crippen molar-refractivity contribution in [2.45, 2.75) is 19.5 Å². The van der Waals surface area contributed by atoms with Crippen molar-refractivity contribution in [1.82, 2.24) is 24.3 Å². The van der Waals surface area contributed by atoms with E-state index in [0.717, 1.165) is 5.69 Å². The molecular formula is C17H15N5O3. The lowest BCUT2D eigenvalue weighted by molar-refractivity contribution is -0.124. The summed E-state index contributed by atoms with van der Waals surface area (Å²) in [5.41, 5.74) is 2.58. The number of hydrogen-bond acceptors (Lipinski definition) is 5. The Hall–Kier alpha value is -3.42. The molecule has 25 heavy (non-hydrogen) atoms. The predicted octanol–water partition coefficient (Wildman–Crippen LogP) is 1.51. The number of rotatable bonds is 4. The second-order valence-corrected chi connectivity index (χ2v) is 5.65. The third-order valence-electron chi connectivity index (χ3n) is 4.12. The van der Waals surface area contributed by atoms with Gasteiger partial charge in [-0.15, -0.1) is 0 Å². The van der Waals surface area contributed by atoms with Crippen molar-refractivity contribution >= 4 is 22.7 Å². The summed E-state index contributed by atoms with van der Waals surface area (Å²) in [4.78, 5) is 32.8. The van der Waals surface area contributed by atoms with Gasteiger partial charge in [-0.3, -0.25) is 18.7 Å². The lowest BCUT2D eigenvalue weighted by Crippen LogP contribution is -2.34. The van der Waals surface area contributed by atoms with Crippen LogP contribution in [0.5, 0.6) is 0 Å². The monoisotopic (exact) mass is 337 g/mol. The number of nitrogens with zero attached hydrogens (tertiary/aromatic N) is 4. The van der Waals surface area contributed by atoms with E-state index in [-0.39, 0.29) is 5.91 Å². The number of carbonyl (C=O) groups is 1. The van der Waals surface area contributed by atoms with E-state index in [1.165, 1.54) is 4.57 Å². The number of carbonyl (C=O) groups excluding carboxylic acids is 1. The number of hydrogen-bond donors (Lipinski definition) is 1. The van der Waals surface area contributed by atoms with Crippen molar-refractivity contribution in [1.29, 1.82) is 0 Å². The molecule has 3 aromatic heterocycles. The van der Waals surface area contributed by atoms with Crippen LogP contribution in [-0.4, -0.2) is 24.8 Å². The lowest BCUT2D eigenvalue weighted by Gasteiger charge is -2.13. The third kappa shape index (κ3) is 2.57. The molecule has 126 valence electrons. The molecule has 1 unspecified atom stereocenters. The van der Waals surface area contributed by atoms with Crippen LogP contribution in [0.25, 0.3) is 16.7 Å². The molecule has 0 bridgehead atoms. The number of para-hydroxylation sites is 2. The van der Waals surface area contributed by atoms with Gasteiger partial charge in [0.25, 0.3) is 0 Å². The molecule has 4 aromatic rings. The van der Waals surface area contributed by atoms with Gasteiger partial charge in [-0.25, -0.2) is 9.78 Å². The summed E-state index contributed by atoms with van der Waals surface area (Å²) in [6.45, 7) is 1.95. The van der Waals surface area contributed by atoms with Gasteiger partial charge < -0.3 is 9.73 Å². The Morgan fingerprint density at radius 3 is 3.04 bits per heavy atom. The standard InChI is InChI=1S/C17H15N5O3/c1-11(22-13-4-2-3-5-14(13)25-17(22)24)16(23)20-9-12-8-19-15-10-18-6-7-21(12)15/h2-8,10-11H,9H2,1H3,(H,20,23). The van der Waals surface area contributed by atoms with Crippen molar-refractivity contribution in [3.63, 3.8) is 0 Å². The van der Waals surface area contributed by atoms with Crippen molar-refractivity contribution in [3.8, 4) is 0 Å². The molecule has 0 aliphatic rings. The van der Waals surface area contributed by atoms with E-state index in [0.29, 0.717) is 23.3 Å². The van der Waals surface area contributed by atoms with Crippen molar-refractivity contribution in [3.05, 3.63) is 65.3 Å². The van der Waals surface area contributed by atoms with Crippen LogP contribution in [0.2, 0.25) is 0 Å². The first-order chi connectivity index (χ1) is 12.1. The maximum absolute atomic E-state index is 12.5. The molecule has 4 rings (SSSR count). The van der Waals surface area contributed by atoms with Gasteiger partial charge in [-0.2, -0.15) is 0 Å². The highest BCUT2D eigenvalue weighted by Crippen LogP contribution is 2.16. The molecule has 0 fully saturated rings. The summed E-state index contributed by atoms with van der Waals surface area (Å²) in [6, 6.07) is 6.33. The van der Waals surface area contributed by atoms with E-state index in [9.17, 15) is 9.59 Å². The number of benzene rings is 1. The summed E-state index contributed by atoms with van der Waals surface area (Å²) in [5.74, 6) is -0.831. The van der Waals surface area contributed by atoms with Crippen LogP contribution in [0.4, 0.5) is 0 Å². The van der Waals surface area contributed by atoms with Gasteiger partial charge in [-0.05, 0) is 19.1 Å². The molecule has 8 nitrogen and oxygen atoms in total. The number of nitrogens with one attached hydrogen (secondary N) is 1. The van der Waals surface area contributed by atoms with Crippen LogP contribution in [0.1, 0.15) is 18.7 Å². The zero-order valence-electron chi connectivity index (χ0n) is 13.4. The first-order valence-electron chi connectivity index (χ1n) is 7.79. The Bertz CT molecular complexity index is 1120. The zero-order chi connectivity index (χ0) is 17.4. The van der Waals surface area contributed by atoms with Crippen LogP contribution in [0.3, 0.4) is 0 Å². The molecule has 0 aliphatic carbocycles. The van der Waals surface area contributed by atoms with E-state index in [4.69, 9.17) is 4.42 Å². The maximum Gasteiger partial charge on any atom is 0.420 e. The Kier molecular flexibility index (Phi) is 3.57. The third-order valence-corrected chi connectivity index (χ3v) is 4.12. The molecule has 1 N–H and O–H groups in total. The van der Waals surface area contributed by atoms with E-state index >= 15 is 0 Å². The average Bonchev–Trinajstić information content (AvgIpc) is 3.19.